The maximum absolute atomic E-state index is 14.0. The van der Waals surface area contributed by atoms with Gasteiger partial charge in [0, 0.05) is 63.2 Å². The predicted octanol–water partition coefficient (Wildman–Crippen LogP) is 2.83. The number of aromatic nitrogens is 4. The number of hydrogen-bond donors (Lipinski definition) is 2. The van der Waals surface area contributed by atoms with E-state index in [4.69, 9.17) is 4.74 Å². The zero-order chi connectivity index (χ0) is 30.9. The molecule has 12 heteroatoms. The molecule has 5 heterocycles. The van der Waals surface area contributed by atoms with Crippen LogP contribution in [0.5, 0.6) is 0 Å². The number of fused-ring (bicyclic) bond motifs is 2. The number of benzene rings is 2. The van der Waals surface area contributed by atoms with E-state index >= 15 is 0 Å². The van der Waals surface area contributed by atoms with Gasteiger partial charge < -0.3 is 24.4 Å². The van der Waals surface area contributed by atoms with Gasteiger partial charge >= 0.3 is 11.8 Å². The molecule has 3 aliphatic heterocycles. The van der Waals surface area contributed by atoms with Crippen molar-refractivity contribution in [1.82, 2.24) is 39.3 Å². The zero-order valence-electron chi connectivity index (χ0n) is 25.9. The summed E-state index contributed by atoms with van der Waals surface area (Å²) in [6, 6.07) is 14.1. The SMILES string of the molecule is CN1CCC(N2CCN(C(=O)C(Cc3ccc4[nH]ncc4c3)OC(=O)N3CCC(n4c(=O)[nH]c5ccccc54)CC3)CC2)CC1. The number of ether oxygens (including phenoxy) is 1. The van der Waals surface area contributed by atoms with Gasteiger partial charge in [-0.05, 0) is 75.6 Å². The van der Waals surface area contributed by atoms with Crippen LogP contribution < -0.4 is 5.69 Å². The monoisotopic (exact) mass is 614 g/mol. The van der Waals surface area contributed by atoms with Crippen molar-refractivity contribution in [3.8, 4) is 0 Å². The van der Waals surface area contributed by atoms with E-state index in [1.807, 2.05) is 51.9 Å². The topological polar surface area (TPSA) is 123 Å². The highest BCUT2D eigenvalue weighted by Crippen LogP contribution is 2.26. The molecule has 0 radical (unpaired) electrons. The number of carbonyl (C=O) groups excluding carboxylic acids is 2. The summed E-state index contributed by atoms with van der Waals surface area (Å²) < 4.78 is 7.86. The second-order valence-corrected chi connectivity index (χ2v) is 12.8. The largest absolute Gasteiger partial charge is 0.436 e. The van der Waals surface area contributed by atoms with E-state index in [9.17, 15) is 14.4 Å². The quantitative estimate of drug-likeness (QED) is 0.343. The van der Waals surface area contributed by atoms with Crippen molar-refractivity contribution in [1.29, 1.82) is 0 Å². The molecule has 238 valence electrons. The third-order valence-electron chi connectivity index (χ3n) is 9.99. The molecule has 12 nitrogen and oxygen atoms in total. The standard InChI is InChI=1S/C33H42N8O4/c1-37-12-8-25(9-13-37)38-16-18-39(19-17-38)31(42)30(21-23-6-7-27-24(20-23)22-34-36-27)45-33(44)40-14-10-26(11-15-40)41-29-5-3-2-4-28(29)35-32(41)43/h2-7,20,22,25-26,30H,8-19,21H2,1H3,(H,34,36)(H,35,43). The van der Waals surface area contributed by atoms with E-state index in [-0.39, 0.29) is 17.6 Å². The fourth-order valence-electron chi connectivity index (χ4n) is 7.32. The number of para-hydroxylation sites is 2. The van der Waals surface area contributed by atoms with Crippen molar-refractivity contribution in [3.63, 3.8) is 0 Å². The third kappa shape index (κ3) is 6.21. The van der Waals surface area contributed by atoms with E-state index in [2.05, 4.69) is 32.0 Å². The van der Waals surface area contributed by atoms with Crippen LogP contribution in [0, 0.1) is 0 Å². The minimum Gasteiger partial charge on any atom is -0.436 e. The number of piperidine rings is 2. The summed E-state index contributed by atoms with van der Waals surface area (Å²) in [6.07, 6.45) is 4.23. The molecule has 0 bridgehead atoms. The number of carbonyl (C=O) groups is 2. The molecule has 2 amide bonds. The number of amides is 2. The van der Waals surface area contributed by atoms with E-state index in [0.29, 0.717) is 51.5 Å². The van der Waals surface area contributed by atoms with Gasteiger partial charge in [-0.25, -0.2) is 9.59 Å². The summed E-state index contributed by atoms with van der Waals surface area (Å²) in [5, 5.41) is 8.03. The molecule has 7 rings (SSSR count). The summed E-state index contributed by atoms with van der Waals surface area (Å²) in [5.41, 5.74) is 3.39. The fourth-order valence-corrected chi connectivity index (χ4v) is 7.32. The molecular formula is C33H42N8O4. The van der Waals surface area contributed by atoms with Gasteiger partial charge in [0.1, 0.15) is 0 Å². The molecule has 0 aliphatic carbocycles. The first kappa shape index (κ1) is 29.5. The van der Waals surface area contributed by atoms with E-state index in [1.54, 1.807) is 11.1 Å². The van der Waals surface area contributed by atoms with Crippen LogP contribution in [0.25, 0.3) is 21.9 Å². The van der Waals surface area contributed by atoms with Gasteiger partial charge in [0.05, 0.1) is 22.7 Å². The van der Waals surface area contributed by atoms with Crippen molar-refractivity contribution >= 4 is 33.9 Å². The Bertz CT molecular complexity index is 1700. The zero-order valence-corrected chi connectivity index (χ0v) is 25.9. The summed E-state index contributed by atoms with van der Waals surface area (Å²) in [7, 11) is 2.17. The summed E-state index contributed by atoms with van der Waals surface area (Å²) in [6.45, 7) is 6.05. The van der Waals surface area contributed by atoms with Crippen molar-refractivity contribution in [2.24, 2.45) is 0 Å². The molecule has 1 atom stereocenters. The molecule has 0 spiro atoms. The van der Waals surface area contributed by atoms with Crippen LogP contribution in [0.2, 0.25) is 0 Å². The number of likely N-dealkylation sites (tertiary alicyclic amines) is 2. The van der Waals surface area contributed by atoms with Crippen molar-refractivity contribution in [2.45, 2.75) is 50.3 Å². The Morgan fingerprint density at radius 1 is 0.889 bits per heavy atom. The van der Waals surface area contributed by atoms with Crippen molar-refractivity contribution < 1.29 is 14.3 Å². The molecule has 2 N–H and O–H groups in total. The van der Waals surface area contributed by atoms with Gasteiger partial charge in [-0.1, -0.05) is 18.2 Å². The van der Waals surface area contributed by atoms with E-state index in [1.165, 1.54) is 0 Å². The molecular weight excluding hydrogens is 572 g/mol. The highest BCUT2D eigenvalue weighted by Gasteiger charge is 2.35. The van der Waals surface area contributed by atoms with Crippen LogP contribution in [0.1, 0.15) is 37.3 Å². The smallest absolute Gasteiger partial charge is 0.410 e. The van der Waals surface area contributed by atoms with Crippen LogP contribution >= 0.6 is 0 Å². The third-order valence-corrected chi connectivity index (χ3v) is 9.99. The highest BCUT2D eigenvalue weighted by atomic mass is 16.6. The van der Waals surface area contributed by atoms with Crippen LogP contribution in [0.15, 0.2) is 53.5 Å². The van der Waals surface area contributed by atoms with Gasteiger partial charge in [-0.2, -0.15) is 5.10 Å². The first-order valence-electron chi connectivity index (χ1n) is 16.2. The number of nitrogens with zero attached hydrogens (tertiary/aromatic N) is 6. The number of H-pyrrole nitrogens is 2. The van der Waals surface area contributed by atoms with Crippen molar-refractivity contribution in [3.05, 3.63) is 64.7 Å². The highest BCUT2D eigenvalue weighted by molar-refractivity contribution is 5.85. The predicted molar refractivity (Wildman–Crippen MR) is 171 cm³/mol. The lowest BCUT2D eigenvalue weighted by molar-refractivity contribution is -0.143. The normalized spacial score (nSPS) is 20.2. The minimum absolute atomic E-state index is 0.0160. The number of piperazine rings is 1. The van der Waals surface area contributed by atoms with Gasteiger partial charge in [-0.15, -0.1) is 0 Å². The number of rotatable bonds is 6. The first-order valence-corrected chi connectivity index (χ1v) is 16.2. The van der Waals surface area contributed by atoms with E-state index in [0.717, 1.165) is 66.5 Å². The number of aromatic amines is 2. The average molecular weight is 615 g/mol. The maximum Gasteiger partial charge on any atom is 0.410 e. The maximum atomic E-state index is 14.0. The van der Waals surface area contributed by atoms with Crippen molar-refractivity contribution in [2.75, 3.05) is 59.4 Å². The number of nitrogens with one attached hydrogen (secondary N) is 2. The molecule has 4 aromatic rings. The first-order chi connectivity index (χ1) is 21.9. The lowest BCUT2D eigenvalue weighted by atomic mass is 10.0. The van der Waals surface area contributed by atoms with Gasteiger partial charge in [0.2, 0.25) is 0 Å². The van der Waals surface area contributed by atoms with Gasteiger partial charge in [-0.3, -0.25) is 19.4 Å². The molecule has 3 saturated heterocycles. The second kappa shape index (κ2) is 12.7. The lowest BCUT2D eigenvalue weighted by Crippen LogP contribution is -2.56. The molecule has 2 aromatic heterocycles. The number of imidazole rings is 1. The van der Waals surface area contributed by atoms with Crippen LogP contribution in [0.4, 0.5) is 4.79 Å². The molecule has 0 saturated carbocycles. The lowest BCUT2D eigenvalue weighted by Gasteiger charge is -2.42. The summed E-state index contributed by atoms with van der Waals surface area (Å²) >= 11 is 0. The molecule has 45 heavy (non-hydrogen) atoms. The van der Waals surface area contributed by atoms with Crippen LogP contribution in [0.3, 0.4) is 0 Å². The summed E-state index contributed by atoms with van der Waals surface area (Å²) in [4.78, 5) is 51.6. The number of hydrogen-bond acceptors (Lipinski definition) is 7. The van der Waals surface area contributed by atoms with Gasteiger partial charge in [0.25, 0.3) is 5.91 Å². The molecule has 3 fully saturated rings. The Balaban J connectivity index is 1.02. The summed E-state index contributed by atoms with van der Waals surface area (Å²) in [5.74, 6) is -0.140. The molecule has 2 aromatic carbocycles. The second-order valence-electron chi connectivity index (χ2n) is 12.8. The Kier molecular flexibility index (Phi) is 8.33. The Labute approximate surface area is 261 Å². The fraction of sp³-hybridized carbons (Fsp3) is 0.515. The molecule has 3 aliphatic rings. The molecule has 1 unspecified atom stereocenters. The average Bonchev–Trinajstić information content (AvgIpc) is 3.67. The van der Waals surface area contributed by atoms with Gasteiger partial charge in [0.15, 0.2) is 6.10 Å². The Morgan fingerprint density at radius 2 is 1.62 bits per heavy atom. The van der Waals surface area contributed by atoms with Crippen LogP contribution in [-0.2, 0) is 16.0 Å². The van der Waals surface area contributed by atoms with E-state index < -0.39 is 12.2 Å². The van der Waals surface area contributed by atoms with Crippen LogP contribution in [-0.4, -0.2) is 123 Å². The minimum atomic E-state index is -0.925. The Hall–Kier alpha value is -4.16. The Morgan fingerprint density at radius 3 is 2.40 bits per heavy atom.